The van der Waals surface area contributed by atoms with Crippen molar-refractivity contribution in [3.8, 4) is 0 Å². The molecule has 1 N–H and O–H groups in total. The van der Waals surface area contributed by atoms with Gasteiger partial charge < -0.3 is 10.2 Å². The summed E-state index contributed by atoms with van der Waals surface area (Å²) in [5.74, 6) is -1.22. The molecule has 1 fully saturated rings. The van der Waals surface area contributed by atoms with Gasteiger partial charge in [0.2, 0.25) is 0 Å². The average Bonchev–Trinajstić information content (AvgIpc) is 2.77. The first-order chi connectivity index (χ1) is 8.91. The van der Waals surface area contributed by atoms with E-state index >= 15 is 0 Å². The van der Waals surface area contributed by atoms with Crippen molar-refractivity contribution < 1.29 is 17.6 Å². The highest BCUT2D eigenvalue weighted by atomic mass is 19.4. The van der Waals surface area contributed by atoms with Gasteiger partial charge in [-0.1, -0.05) is 6.92 Å². The Kier molecular flexibility index (Phi) is 3.99. The molecule has 0 bridgehead atoms. The molecule has 1 atom stereocenters. The third-order valence-electron chi connectivity index (χ3n) is 3.30. The van der Waals surface area contributed by atoms with E-state index in [-0.39, 0.29) is 6.04 Å². The predicted octanol–water partition coefficient (Wildman–Crippen LogP) is 3.03. The number of anilines is 1. The number of hydrogen-bond acceptors (Lipinski definition) is 2. The fraction of sp³-hybridized carbons (Fsp3) is 0.538. The Hall–Kier alpha value is -1.30. The Bertz CT molecular complexity index is 445. The average molecular weight is 276 g/mol. The van der Waals surface area contributed by atoms with Crippen LogP contribution in [0.15, 0.2) is 18.2 Å². The predicted molar refractivity (Wildman–Crippen MR) is 65.7 cm³/mol. The molecule has 0 aromatic heterocycles. The molecule has 1 aliphatic rings. The second-order valence-electron chi connectivity index (χ2n) is 4.65. The molecule has 1 saturated heterocycles. The molecule has 0 radical (unpaired) electrons. The topological polar surface area (TPSA) is 15.3 Å². The summed E-state index contributed by atoms with van der Waals surface area (Å²) >= 11 is 0. The van der Waals surface area contributed by atoms with Crippen molar-refractivity contribution in [2.45, 2.75) is 25.6 Å². The largest absolute Gasteiger partial charge is 0.419 e. The molecule has 0 saturated carbocycles. The lowest BCUT2D eigenvalue weighted by atomic mass is 10.1. The zero-order valence-corrected chi connectivity index (χ0v) is 10.6. The summed E-state index contributed by atoms with van der Waals surface area (Å²) in [6.07, 6.45) is -3.77. The van der Waals surface area contributed by atoms with Gasteiger partial charge in [0.05, 0.1) is 5.56 Å². The van der Waals surface area contributed by atoms with E-state index in [1.54, 1.807) is 0 Å². The van der Waals surface area contributed by atoms with Crippen molar-refractivity contribution in [1.82, 2.24) is 5.32 Å². The Morgan fingerprint density at radius 2 is 2.11 bits per heavy atom. The fourth-order valence-electron chi connectivity index (χ4n) is 2.38. The quantitative estimate of drug-likeness (QED) is 0.854. The number of nitrogens with one attached hydrogen (secondary N) is 1. The minimum Gasteiger partial charge on any atom is -0.370 e. The fourth-order valence-corrected chi connectivity index (χ4v) is 2.38. The molecule has 106 valence electrons. The monoisotopic (exact) mass is 276 g/mol. The third kappa shape index (κ3) is 3.18. The van der Waals surface area contributed by atoms with Crippen molar-refractivity contribution in [2.75, 3.05) is 24.5 Å². The van der Waals surface area contributed by atoms with Crippen molar-refractivity contribution in [3.05, 3.63) is 29.6 Å². The standard InChI is InChI=1S/C13H16F4N2/c1-2-18-9-5-6-19(8-9)10-3-4-12(14)11(7-10)13(15,16)17/h3-4,7,9,18H,2,5-6,8H2,1H3. The minimum absolute atomic E-state index is 0.282. The number of likely N-dealkylation sites (N-methyl/N-ethyl adjacent to an activating group) is 1. The lowest BCUT2D eigenvalue weighted by Gasteiger charge is -2.20. The van der Waals surface area contributed by atoms with Gasteiger partial charge in [0.1, 0.15) is 5.82 Å². The van der Waals surface area contributed by atoms with E-state index in [4.69, 9.17) is 0 Å². The maximum absolute atomic E-state index is 13.2. The highest BCUT2D eigenvalue weighted by Gasteiger charge is 2.35. The van der Waals surface area contributed by atoms with Crippen LogP contribution in [-0.2, 0) is 6.18 Å². The lowest BCUT2D eigenvalue weighted by Crippen LogP contribution is -2.32. The molecule has 6 heteroatoms. The van der Waals surface area contributed by atoms with Gasteiger partial charge in [-0.05, 0) is 31.2 Å². The molecule has 0 amide bonds. The minimum atomic E-state index is -4.65. The van der Waals surface area contributed by atoms with Gasteiger partial charge in [-0.15, -0.1) is 0 Å². The Labute approximate surface area is 109 Å². The van der Waals surface area contributed by atoms with Gasteiger partial charge in [0, 0.05) is 24.8 Å². The maximum atomic E-state index is 13.2. The first-order valence-corrected chi connectivity index (χ1v) is 6.27. The molecule has 1 unspecified atom stereocenters. The van der Waals surface area contributed by atoms with E-state index in [9.17, 15) is 17.6 Å². The van der Waals surface area contributed by atoms with E-state index in [2.05, 4.69) is 5.32 Å². The van der Waals surface area contributed by atoms with E-state index in [1.807, 2.05) is 11.8 Å². The van der Waals surface area contributed by atoms with Crippen LogP contribution in [0.25, 0.3) is 0 Å². The SMILES string of the molecule is CCNC1CCN(c2ccc(F)c(C(F)(F)F)c2)C1. The molecule has 1 aromatic carbocycles. The molecule has 1 aromatic rings. The molecular formula is C13H16F4N2. The van der Waals surface area contributed by atoms with Gasteiger partial charge in [-0.2, -0.15) is 13.2 Å². The van der Waals surface area contributed by atoms with Crippen LogP contribution in [0.4, 0.5) is 23.2 Å². The smallest absolute Gasteiger partial charge is 0.370 e. The van der Waals surface area contributed by atoms with Crippen LogP contribution in [0, 0.1) is 5.82 Å². The summed E-state index contributed by atoms with van der Waals surface area (Å²) in [6.45, 7) is 4.15. The summed E-state index contributed by atoms with van der Waals surface area (Å²) in [5.41, 5.74) is -0.772. The lowest BCUT2D eigenvalue weighted by molar-refractivity contribution is -0.139. The van der Waals surface area contributed by atoms with Gasteiger partial charge in [-0.25, -0.2) is 4.39 Å². The summed E-state index contributed by atoms with van der Waals surface area (Å²) in [7, 11) is 0. The van der Waals surface area contributed by atoms with Crippen LogP contribution < -0.4 is 10.2 Å². The van der Waals surface area contributed by atoms with Gasteiger partial charge in [0.15, 0.2) is 0 Å². The molecule has 2 rings (SSSR count). The van der Waals surface area contributed by atoms with Crippen LogP contribution in [0.3, 0.4) is 0 Å². The van der Waals surface area contributed by atoms with Crippen molar-refractivity contribution >= 4 is 5.69 Å². The second kappa shape index (κ2) is 5.36. The molecule has 1 aliphatic heterocycles. The normalized spacial score (nSPS) is 20.1. The summed E-state index contributed by atoms with van der Waals surface area (Å²) in [6, 6.07) is 3.46. The molecular weight excluding hydrogens is 260 g/mol. The molecule has 0 aliphatic carbocycles. The number of rotatable bonds is 3. The number of halogens is 4. The number of benzene rings is 1. The Balaban J connectivity index is 2.18. The number of hydrogen-bond donors (Lipinski definition) is 1. The maximum Gasteiger partial charge on any atom is 0.419 e. The zero-order chi connectivity index (χ0) is 14.0. The zero-order valence-electron chi connectivity index (χ0n) is 10.6. The van der Waals surface area contributed by atoms with Crippen molar-refractivity contribution in [1.29, 1.82) is 0 Å². The van der Waals surface area contributed by atoms with Crippen LogP contribution in [0.2, 0.25) is 0 Å². The van der Waals surface area contributed by atoms with E-state index in [1.165, 1.54) is 6.07 Å². The highest BCUT2D eigenvalue weighted by molar-refractivity contribution is 5.50. The molecule has 0 spiro atoms. The Morgan fingerprint density at radius 3 is 2.74 bits per heavy atom. The van der Waals surface area contributed by atoms with Crippen molar-refractivity contribution in [2.24, 2.45) is 0 Å². The van der Waals surface area contributed by atoms with Crippen molar-refractivity contribution in [3.63, 3.8) is 0 Å². The van der Waals surface area contributed by atoms with Crippen LogP contribution in [-0.4, -0.2) is 25.7 Å². The van der Waals surface area contributed by atoms with Gasteiger partial charge in [0.25, 0.3) is 0 Å². The van der Waals surface area contributed by atoms with Gasteiger partial charge in [-0.3, -0.25) is 0 Å². The molecule has 1 heterocycles. The first kappa shape index (κ1) is 14.1. The van der Waals surface area contributed by atoms with E-state index in [0.29, 0.717) is 18.8 Å². The first-order valence-electron chi connectivity index (χ1n) is 6.27. The second-order valence-corrected chi connectivity index (χ2v) is 4.65. The Morgan fingerprint density at radius 1 is 1.37 bits per heavy atom. The van der Waals surface area contributed by atoms with Crippen LogP contribution >= 0.6 is 0 Å². The van der Waals surface area contributed by atoms with Gasteiger partial charge >= 0.3 is 6.18 Å². The summed E-state index contributed by atoms with van der Waals surface area (Å²) in [5, 5.41) is 3.26. The molecule has 2 nitrogen and oxygen atoms in total. The van der Waals surface area contributed by atoms with E-state index in [0.717, 1.165) is 25.1 Å². The van der Waals surface area contributed by atoms with E-state index < -0.39 is 17.6 Å². The number of nitrogens with zero attached hydrogens (tertiary/aromatic N) is 1. The highest BCUT2D eigenvalue weighted by Crippen LogP contribution is 2.34. The molecule has 19 heavy (non-hydrogen) atoms. The third-order valence-corrected chi connectivity index (χ3v) is 3.30. The van der Waals surface area contributed by atoms with Crippen LogP contribution in [0.1, 0.15) is 18.9 Å². The number of alkyl halides is 3. The summed E-state index contributed by atoms with van der Waals surface area (Å²) < 4.78 is 51.1. The van der Waals surface area contributed by atoms with Crippen LogP contribution in [0.5, 0.6) is 0 Å². The summed E-state index contributed by atoms with van der Waals surface area (Å²) in [4.78, 5) is 1.85.